The van der Waals surface area contributed by atoms with Crippen molar-refractivity contribution in [2.24, 2.45) is 5.73 Å². The first-order valence-corrected chi connectivity index (χ1v) is 4.50. The Kier molecular flexibility index (Phi) is 3.62. The maximum atomic E-state index is 11.4. The first-order chi connectivity index (χ1) is 7.00. The van der Waals surface area contributed by atoms with Crippen molar-refractivity contribution in [3.05, 3.63) is 29.0 Å². The number of rotatable bonds is 3. The van der Waals surface area contributed by atoms with E-state index in [0.717, 1.165) is 0 Å². The normalized spacial score (nSPS) is 11.9. The van der Waals surface area contributed by atoms with Gasteiger partial charge in [-0.15, -0.1) is 0 Å². The predicted octanol–water partition coefficient (Wildman–Crippen LogP) is 0.766. The van der Waals surface area contributed by atoms with E-state index in [-0.39, 0.29) is 10.7 Å². The molecule has 0 unspecified atom stereocenters. The van der Waals surface area contributed by atoms with E-state index < -0.39 is 18.0 Å². The molecule has 1 rings (SSSR count). The van der Waals surface area contributed by atoms with Crippen molar-refractivity contribution in [1.82, 2.24) is 4.98 Å². The third-order valence-corrected chi connectivity index (χ3v) is 1.87. The van der Waals surface area contributed by atoms with Gasteiger partial charge in [0.05, 0.1) is 5.56 Å². The molecule has 1 amide bonds. The Labute approximate surface area is 91.2 Å². The topological polar surface area (TPSA) is 82.3 Å². The SMILES string of the molecule is C[C@@H](OC(=O)c1ccc(Cl)nc1)C(N)=O. The van der Waals surface area contributed by atoms with E-state index in [1.165, 1.54) is 25.3 Å². The van der Waals surface area contributed by atoms with Crippen LogP contribution < -0.4 is 5.73 Å². The van der Waals surface area contributed by atoms with E-state index in [9.17, 15) is 9.59 Å². The molecule has 2 N–H and O–H groups in total. The molecule has 5 nitrogen and oxygen atoms in total. The van der Waals surface area contributed by atoms with Crippen LogP contribution in [0.25, 0.3) is 0 Å². The van der Waals surface area contributed by atoms with E-state index in [0.29, 0.717) is 0 Å². The first-order valence-electron chi connectivity index (χ1n) is 4.12. The molecule has 0 saturated carbocycles. The number of primary amides is 1. The molecule has 1 atom stereocenters. The maximum absolute atomic E-state index is 11.4. The number of halogens is 1. The average Bonchev–Trinajstić information content (AvgIpc) is 2.18. The van der Waals surface area contributed by atoms with Gasteiger partial charge < -0.3 is 10.5 Å². The highest BCUT2D eigenvalue weighted by Gasteiger charge is 2.16. The Bertz CT molecular complexity index is 377. The Morgan fingerprint density at radius 3 is 2.67 bits per heavy atom. The summed E-state index contributed by atoms with van der Waals surface area (Å²) in [5.74, 6) is -1.37. The van der Waals surface area contributed by atoms with E-state index in [2.05, 4.69) is 4.98 Å². The second-order valence-electron chi connectivity index (χ2n) is 2.82. The molecular formula is C9H9ClN2O3. The fraction of sp³-hybridized carbons (Fsp3) is 0.222. The van der Waals surface area contributed by atoms with Crippen molar-refractivity contribution < 1.29 is 14.3 Å². The summed E-state index contributed by atoms with van der Waals surface area (Å²) < 4.78 is 4.74. The monoisotopic (exact) mass is 228 g/mol. The minimum absolute atomic E-state index is 0.215. The minimum atomic E-state index is -0.965. The number of carbonyl (C=O) groups excluding carboxylic acids is 2. The second-order valence-corrected chi connectivity index (χ2v) is 3.21. The van der Waals surface area contributed by atoms with Gasteiger partial charge in [-0.3, -0.25) is 4.79 Å². The lowest BCUT2D eigenvalue weighted by Crippen LogP contribution is -2.30. The third kappa shape index (κ3) is 3.21. The van der Waals surface area contributed by atoms with Crippen LogP contribution in [0, 0.1) is 0 Å². The van der Waals surface area contributed by atoms with E-state index >= 15 is 0 Å². The molecule has 80 valence electrons. The quantitative estimate of drug-likeness (QED) is 0.612. The summed E-state index contributed by atoms with van der Waals surface area (Å²) in [4.78, 5) is 25.7. The van der Waals surface area contributed by atoms with Crippen molar-refractivity contribution in [3.8, 4) is 0 Å². The fourth-order valence-corrected chi connectivity index (χ4v) is 0.895. The van der Waals surface area contributed by atoms with Gasteiger partial charge in [-0.2, -0.15) is 0 Å². The number of hydrogen-bond acceptors (Lipinski definition) is 4. The molecule has 1 aromatic heterocycles. The predicted molar refractivity (Wildman–Crippen MR) is 53.3 cm³/mol. The molecule has 0 aromatic carbocycles. The van der Waals surface area contributed by atoms with Gasteiger partial charge in [0.15, 0.2) is 6.10 Å². The Balaban J connectivity index is 2.69. The van der Waals surface area contributed by atoms with Crippen LogP contribution in [0.15, 0.2) is 18.3 Å². The van der Waals surface area contributed by atoms with Crippen LogP contribution in [-0.4, -0.2) is 23.0 Å². The van der Waals surface area contributed by atoms with E-state index in [1.807, 2.05) is 0 Å². The molecular weight excluding hydrogens is 220 g/mol. The molecule has 0 aliphatic carbocycles. The number of hydrogen-bond donors (Lipinski definition) is 1. The zero-order valence-corrected chi connectivity index (χ0v) is 8.69. The van der Waals surface area contributed by atoms with Crippen LogP contribution in [0.5, 0.6) is 0 Å². The zero-order valence-electron chi connectivity index (χ0n) is 7.94. The Hall–Kier alpha value is -1.62. The first kappa shape index (κ1) is 11.5. The van der Waals surface area contributed by atoms with Crippen molar-refractivity contribution in [2.45, 2.75) is 13.0 Å². The number of amides is 1. The van der Waals surface area contributed by atoms with Crippen molar-refractivity contribution in [2.75, 3.05) is 0 Å². The molecule has 0 aliphatic rings. The standard InChI is InChI=1S/C9H9ClN2O3/c1-5(8(11)13)15-9(14)6-2-3-7(10)12-4-6/h2-5H,1H3,(H2,11,13)/t5-/m1/s1. The van der Waals surface area contributed by atoms with Gasteiger partial charge in [0.1, 0.15) is 5.15 Å². The zero-order chi connectivity index (χ0) is 11.4. The number of ether oxygens (including phenoxy) is 1. The van der Waals surface area contributed by atoms with E-state index in [1.54, 1.807) is 0 Å². The maximum Gasteiger partial charge on any atom is 0.340 e. The van der Waals surface area contributed by atoms with Gasteiger partial charge in [0, 0.05) is 6.20 Å². The van der Waals surface area contributed by atoms with Crippen LogP contribution >= 0.6 is 11.6 Å². The van der Waals surface area contributed by atoms with Gasteiger partial charge in [0.2, 0.25) is 0 Å². The summed E-state index contributed by atoms with van der Waals surface area (Å²) in [5, 5.41) is 0.273. The fourth-order valence-electron chi connectivity index (χ4n) is 0.783. The highest BCUT2D eigenvalue weighted by molar-refractivity contribution is 6.29. The summed E-state index contributed by atoms with van der Waals surface area (Å²) in [6, 6.07) is 2.90. The smallest absolute Gasteiger partial charge is 0.340 e. The molecule has 15 heavy (non-hydrogen) atoms. The molecule has 1 aromatic rings. The number of carbonyl (C=O) groups is 2. The Morgan fingerprint density at radius 2 is 2.20 bits per heavy atom. The molecule has 0 saturated heterocycles. The van der Waals surface area contributed by atoms with Gasteiger partial charge in [-0.1, -0.05) is 11.6 Å². The van der Waals surface area contributed by atoms with Crippen LogP contribution in [0.4, 0.5) is 0 Å². The van der Waals surface area contributed by atoms with Gasteiger partial charge in [0.25, 0.3) is 5.91 Å². The largest absolute Gasteiger partial charge is 0.449 e. The summed E-state index contributed by atoms with van der Waals surface area (Å²) >= 11 is 5.54. The van der Waals surface area contributed by atoms with E-state index in [4.69, 9.17) is 22.1 Å². The second kappa shape index (κ2) is 4.75. The van der Waals surface area contributed by atoms with Crippen molar-refractivity contribution in [1.29, 1.82) is 0 Å². The van der Waals surface area contributed by atoms with Crippen LogP contribution in [0.2, 0.25) is 5.15 Å². The molecule has 1 heterocycles. The number of aromatic nitrogens is 1. The van der Waals surface area contributed by atoms with Gasteiger partial charge >= 0.3 is 5.97 Å². The minimum Gasteiger partial charge on any atom is -0.449 e. The number of pyridine rings is 1. The highest BCUT2D eigenvalue weighted by Crippen LogP contribution is 2.07. The molecule has 6 heteroatoms. The lowest BCUT2D eigenvalue weighted by atomic mass is 10.3. The lowest BCUT2D eigenvalue weighted by molar-refractivity contribution is -0.125. The van der Waals surface area contributed by atoms with Gasteiger partial charge in [-0.25, -0.2) is 9.78 Å². The summed E-state index contributed by atoms with van der Waals surface area (Å²) in [6.07, 6.45) is 0.298. The number of esters is 1. The van der Waals surface area contributed by atoms with Crippen LogP contribution in [0.1, 0.15) is 17.3 Å². The van der Waals surface area contributed by atoms with Crippen LogP contribution in [0.3, 0.4) is 0 Å². The van der Waals surface area contributed by atoms with Crippen molar-refractivity contribution >= 4 is 23.5 Å². The van der Waals surface area contributed by atoms with Crippen LogP contribution in [-0.2, 0) is 9.53 Å². The summed E-state index contributed by atoms with van der Waals surface area (Å²) in [5.41, 5.74) is 5.15. The summed E-state index contributed by atoms with van der Waals surface area (Å²) in [6.45, 7) is 1.39. The molecule has 0 fully saturated rings. The number of nitrogens with two attached hydrogens (primary N) is 1. The average molecular weight is 229 g/mol. The molecule has 0 spiro atoms. The summed E-state index contributed by atoms with van der Waals surface area (Å²) in [7, 11) is 0. The third-order valence-electron chi connectivity index (χ3n) is 1.65. The van der Waals surface area contributed by atoms with Gasteiger partial charge in [-0.05, 0) is 19.1 Å². The Morgan fingerprint density at radius 1 is 1.53 bits per heavy atom. The molecule has 0 aliphatic heterocycles. The molecule has 0 bridgehead atoms. The lowest BCUT2D eigenvalue weighted by Gasteiger charge is -2.08. The number of nitrogens with zero attached hydrogens (tertiary/aromatic N) is 1. The molecule has 0 radical (unpaired) electrons. The highest BCUT2D eigenvalue weighted by atomic mass is 35.5. The van der Waals surface area contributed by atoms with Crippen molar-refractivity contribution in [3.63, 3.8) is 0 Å².